The van der Waals surface area contributed by atoms with Crippen LogP contribution in [0.2, 0.25) is 0 Å². The van der Waals surface area contributed by atoms with Crippen LogP contribution in [0.25, 0.3) is 10.9 Å². The van der Waals surface area contributed by atoms with Crippen molar-refractivity contribution in [2.75, 3.05) is 7.05 Å². The molecule has 0 fully saturated rings. The fourth-order valence-corrected chi connectivity index (χ4v) is 1.92. The summed E-state index contributed by atoms with van der Waals surface area (Å²) in [6, 6.07) is 7.39. The molecule has 15 heavy (non-hydrogen) atoms. The summed E-state index contributed by atoms with van der Waals surface area (Å²) in [4.78, 5) is 14.8. The van der Waals surface area contributed by atoms with Gasteiger partial charge in [-0.25, -0.2) is 0 Å². The van der Waals surface area contributed by atoms with Crippen molar-refractivity contribution in [2.45, 2.75) is 0 Å². The van der Waals surface area contributed by atoms with Crippen LogP contribution in [0.3, 0.4) is 0 Å². The number of carbonyl (C=O) groups is 1. The number of H-pyrrole nitrogens is 1. The third-order valence-electron chi connectivity index (χ3n) is 2.18. The van der Waals surface area contributed by atoms with E-state index in [9.17, 15) is 4.79 Å². The van der Waals surface area contributed by atoms with Crippen molar-refractivity contribution in [1.29, 1.82) is 0 Å². The molecule has 0 spiro atoms. The summed E-state index contributed by atoms with van der Waals surface area (Å²) < 4.78 is 1.67. The minimum absolute atomic E-state index is 0.0245. The maximum absolute atomic E-state index is 11.7. The van der Waals surface area contributed by atoms with Gasteiger partial charge < -0.3 is 0 Å². The van der Waals surface area contributed by atoms with Crippen molar-refractivity contribution in [3.8, 4) is 0 Å². The summed E-state index contributed by atoms with van der Waals surface area (Å²) >= 11 is 0.715. The molecule has 2 aromatic rings. The van der Waals surface area contributed by atoms with Crippen LogP contribution in [-0.2, 0) is 0 Å². The Balaban J connectivity index is 2.52. The number of aromatic nitrogens is 1. The number of fused-ring (bicyclic) bond motifs is 1. The fourth-order valence-electron chi connectivity index (χ4n) is 1.45. The van der Waals surface area contributed by atoms with Crippen molar-refractivity contribution in [3.63, 3.8) is 0 Å². The quantitative estimate of drug-likeness (QED) is 0.691. The van der Waals surface area contributed by atoms with Crippen LogP contribution in [0.1, 0.15) is 10.5 Å². The van der Waals surface area contributed by atoms with Crippen molar-refractivity contribution in [1.82, 2.24) is 7.69 Å². The third kappa shape index (κ3) is 2.09. The zero-order valence-corrected chi connectivity index (χ0v) is 12.1. The van der Waals surface area contributed by atoms with E-state index in [0.717, 1.165) is 10.9 Å². The van der Waals surface area contributed by atoms with Gasteiger partial charge >= 0.3 is 106 Å². The van der Waals surface area contributed by atoms with Gasteiger partial charge in [0.25, 0.3) is 0 Å². The molecule has 0 aliphatic carbocycles. The first-order valence-electron chi connectivity index (χ1n) is 4.45. The molecule has 2 rings (SSSR count). The molecular formula is C10H8BN2OPb. The second-order valence-corrected chi connectivity index (χ2v) is 6.00. The minimum atomic E-state index is 0.0245. The second kappa shape index (κ2) is 4.00. The zero-order valence-electron chi connectivity index (χ0n) is 8.24. The number of aromatic amines is 1. The van der Waals surface area contributed by atoms with Gasteiger partial charge in [-0.2, -0.15) is 0 Å². The summed E-state index contributed by atoms with van der Waals surface area (Å²) in [5, 5.41) is 0.974. The molecule has 5 radical (unpaired) electrons. The van der Waals surface area contributed by atoms with Gasteiger partial charge in [-0.15, -0.1) is 0 Å². The molecule has 0 unspecified atom stereocenters. The van der Waals surface area contributed by atoms with Crippen LogP contribution < -0.4 is 5.46 Å². The molecule has 1 N–H and O–H groups in total. The van der Waals surface area contributed by atoms with Crippen LogP contribution in [0.5, 0.6) is 0 Å². The summed E-state index contributed by atoms with van der Waals surface area (Å²) in [5.41, 5.74) is 2.27. The molecule has 3 nitrogen and oxygen atoms in total. The number of benzene rings is 1. The van der Waals surface area contributed by atoms with Gasteiger partial charge in [-0.3, -0.25) is 0 Å². The van der Waals surface area contributed by atoms with Crippen molar-refractivity contribution >= 4 is 56.2 Å². The van der Waals surface area contributed by atoms with E-state index in [4.69, 9.17) is 7.85 Å². The Morgan fingerprint density at radius 1 is 1.47 bits per heavy atom. The molecule has 1 heterocycles. The van der Waals surface area contributed by atoms with Crippen molar-refractivity contribution < 1.29 is 4.79 Å². The molecule has 0 saturated heterocycles. The van der Waals surface area contributed by atoms with Gasteiger partial charge in [0.2, 0.25) is 0 Å². The van der Waals surface area contributed by atoms with Gasteiger partial charge in [-0.1, -0.05) is 0 Å². The van der Waals surface area contributed by atoms with E-state index in [2.05, 4.69) is 4.98 Å². The predicted octanol–water partition coefficient (Wildman–Crippen LogP) is 0.117. The van der Waals surface area contributed by atoms with Crippen LogP contribution in [-0.4, -0.2) is 54.6 Å². The molecule has 0 bridgehead atoms. The molecule has 0 aliphatic heterocycles. The Labute approximate surface area is 105 Å². The number of hydrogen-bond donors (Lipinski definition) is 1. The number of nitrogens with one attached hydrogen (secondary N) is 1. The van der Waals surface area contributed by atoms with Gasteiger partial charge in [0.15, 0.2) is 0 Å². The molecule has 1 aromatic heterocycles. The maximum atomic E-state index is 11.7. The molecular weight excluding hydrogens is 382 g/mol. The van der Waals surface area contributed by atoms with Crippen LogP contribution >= 0.6 is 0 Å². The summed E-state index contributed by atoms with van der Waals surface area (Å²) in [6.45, 7) is 0. The first-order chi connectivity index (χ1) is 7.08. The Morgan fingerprint density at radius 2 is 2.20 bits per heavy atom. The average Bonchev–Trinajstić information content (AvgIpc) is 2.58. The summed E-state index contributed by atoms with van der Waals surface area (Å²) in [7, 11) is 7.45. The topological polar surface area (TPSA) is 36.1 Å². The van der Waals surface area contributed by atoms with Gasteiger partial charge in [0.1, 0.15) is 0 Å². The average molecular weight is 390 g/mol. The summed E-state index contributed by atoms with van der Waals surface area (Å²) in [6.07, 6.45) is 0. The van der Waals surface area contributed by atoms with E-state index >= 15 is 0 Å². The van der Waals surface area contributed by atoms with E-state index in [1.54, 1.807) is 9.76 Å². The monoisotopic (exact) mass is 391 g/mol. The molecule has 0 saturated carbocycles. The molecule has 1 aromatic carbocycles. The molecule has 1 amide bonds. The number of carbonyl (C=O) groups excluding carboxylic acids is 1. The Bertz CT molecular complexity index is 521. The molecule has 0 atom stereocenters. The number of amides is 1. The second-order valence-electron chi connectivity index (χ2n) is 3.39. The fraction of sp³-hybridized carbons (Fsp3) is 0.100. The SMILES string of the molecule is [B]c1ccc2[nH]c(C(=O)[N](C)[Pb])cc2c1. The number of nitrogens with zero attached hydrogens (tertiary/aromatic N) is 1. The molecule has 5 heteroatoms. The van der Waals surface area contributed by atoms with Gasteiger partial charge in [0, 0.05) is 0 Å². The number of rotatable bonds is 1. The normalized spacial score (nSPS) is 10.5. The third-order valence-corrected chi connectivity index (χ3v) is 2.97. The van der Waals surface area contributed by atoms with Crippen molar-refractivity contribution in [3.05, 3.63) is 30.0 Å². The van der Waals surface area contributed by atoms with E-state index in [0.29, 0.717) is 37.2 Å². The molecule has 0 aliphatic rings. The van der Waals surface area contributed by atoms with Crippen LogP contribution in [0.15, 0.2) is 24.3 Å². The first-order valence-corrected chi connectivity index (χ1v) is 6.19. The van der Waals surface area contributed by atoms with Crippen LogP contribution in [0, 0.1) is 0 Å². The Morgan fingerprint density at radius 3 is 2.87 bits per heavy atom. The van der Waals surface area contributed by atoms with Crippen molar-refractivity contribution in [2.24, 2.45) is 0 Å². The molecule has 71 valence electrons. The number of hydrogen-bond acceptors (Lipinski definition) is 1. The summed E-state index contributed by atoms with van der Waals surface area (Å²) in [5.74, 6) is 0.0245. The van der Waals surface area contributed by atoms with E-state index in [1.807, 2.05) is 24.3 Å². The standard InChI is InChI=1S/C10H9BN2O.Pb/c1-12-10(14)9-5-6-4-7(11)2-3-8(6)13-9;/h2-5H,1H3,(H2,12,13,14);/q;+1/p-1. The van der Waals surface area contributed by atoms with Gasteiger partial charge in [0.05, 0.1) is 0 Å². The van der Waals surface area contributed by atoms with E-state index in [-0.39, 0.29) is 5.91 Å². The Hall–Kier alpha value is -0.783. The van der Waals surface area contributed by atoms with Crippen LogP contribution in [0.4, 0.5) is 0 Å². The van der Waals surface area contributed by atoms with E-state index < -0.39 is 0 Å². The zero-order chi connectivity index (χ0) is 11.0. The van der Waals surface area contributed by atoms with E-state index in [1.165, 1.54) is 0 Å². The predicted molar refractivity (Wildman–Crippen MR) is 61.5 cm³/mol. The first kappa shape index (κ1) is 10.7. The van der Waals surface area contributed by atoms with Gasteiger partial charge in [-0.05, 0) is 0 Å². The Kier molecular flexibility index (Phi) is 2.86.